The third kappa shape index (κ3) is 4.93. The van der Waals surface area contributed by atoms with Gasteiger partial charge in [-0.3, -0.25) is 4.79 Å². The Morgan fingerprint density at radius 3 is 2.61 bits per heavy atom. The van der Waals surface area contributed by atoms with Crippen LogP contribution in [0.2, 0.25) is 5.02 Å². The number of aromatic nitrogens is 2. The maximum absolute atomic E-state index is 12.4. The first kappa shape index (κ1) is 17.2. The standard InChI is InChI=1S/C17H21ClN4O/c1-10(2)9-19-16-8-15(20-12(4)21-16)17(23)22-13-6-5-11(3)14(18)7-13/h5-8,10H,9H2,1-4H3,(H,22,23)(H,19,20,21). The fourth-order valence-electron chi connectivity index (χ4n) is 1.95. The molecule has 0 aliphatic heterocycles. The molecule has 6 heteroatoms. The van der Waals surface area contributed by atoms with Crippen LogP contribution in [0.4, 0.5) is 11.5 Å². The second-order valence-electron chi connectivity index (χ2n) is 5.88. The molecule has 2 rings (SSSR count). The number of rotatable bonds is 5. The number of benzene rings is 1. The summed E-state index contributed by atoms with van der Waals surface area (Å²) < 4.78 is 0. The lowest BCUT2D eigenvalue weighted by Crippen LogP contribution is -2.17. The molecule has 2 aromatic rings. The largest absolute Gasteiger partial charge is 0.370 e. The summed E-state index contributed by atoms with van der Waals surface area (Å²) in [7, 11) is 0. The van der Waals surface area contributed by atoms with Crippen LogP contribution < -0.4 is 10.6 Å². The number of halogens is 1. The van der Waals surface area contributed by atoms with Crippen molar-refractivity contribution in [1.82, 2.24) is 9.97 Å². The van der Waals surface area contributed by atoms with Gasteiger partial charge in [0, 0.05) is 23.3 Å². The molecule has 0 aliphatic carbocycles. The molecule has 0 unspecified atom stereocenters. The van der Waals surface area contributed by atoms with Gasteiger partial charge in [0.1, 0.15) is 17.3 Å². The average Bonchev–Trinajstić information content (AvgIpc) is 2.48. The van der Waals surface area contributed by atoms with Crippen LogP contribution in [0.15, 0.2) is 24.3 Å². The number of aryl methyl sites for hydroxylation is 2. The molecular formula is C17H21ClN4O. The Balaban J connectivity index is 2.16. The number of amides is 1. The molecule has 1 amide bonds. The number of hydrogen-bond acceptors (Lipinski definition) is 4. The van der Waals surface area contributed by atoms with Crippen LogP contribution in [0.25, 0.3) is 0 Å². The van der Waals surface area contributed by atoms with Crippen molar-refractivity contribution in [2.45, 2.75) is 27.7 Å². The summed E-state index contributed by atoms with van der Waals surface area (Å²) in [5.41, 5.74) is 1.92. The number of hydrogen-bond donors (Lipinski definition) is 2. The van der Waals surface area contributed by atoms with Crippen LogP contribution in [0.5, 0.6) is 0 Å². The van der Waals surface area contributed by atoms with Crippen molar-refractivity contribution >= 4 is 29.0 Å². The van der Waals surface area contributed by atoms with Crippen molar-refractivity contribution < 1.29 is 4.79 Å². The molecule has 1 heterocycles. The Labute approximate surface area is 141 Å². The average molecular weight is 333 g/mol. The number of carbonyl (C=O) groups excluding carboxylic acids is 1. The summed E-state index contributed by atoms with van der Waals surface area (Å²) in [6.07, 6.45) is 0. The predicted octanol–water partition coefficient (Wildman–Crippen LogP) is 4.07. The van der Waals surface area contributed by atoms with E-state index in [2.05, 4.69) is 34.4 Å². The van der Waals surface area contributed by atoms with Gasteiger partial charge in [-0.1, -0.05) is 31.5 Å². The summed E-state index contributed by atoms with van der Waals surface area (Å²) in [4.78, 5) is 20.9. The monoisotopic (exact) mass is 332 g/mol. The second kappa shape index (κ2) is 7.42. The molecule has 122 valence electrons. The van der Waals surface area contributed by atoms with Gasteiger partial charge in [-0.25, -0.2) is 9.97 Å². The van der Waals surface area contributed by atoms with E-state index in [9.17, 15) is 4.79 Å². The SMILES string of the molecule is Cc1nc(NCC(C)C)cc(C(=O)Nc2ccc(C)c(Cl)c2)n1. The zero-order valence-corrected chi connectivity index (χ0v) is 14.5. The molecular weight excluding hydrogens is 312 g/mol. The molecule has 23 heavy (non-hydrogen) atoms. The van der Waals surface area contributed by atoms with Crippen LogP contribution in [0.1, 0.15) is 35.7 Å². The van der Waals surface area contributed by atoms with E-state index >= 15 is 0 Å². The topological polar surface area (TPSA) is 66.9 Å². The second-order valence-corrected chi connectivity index (χ2v) is 6.29. The smallest absolute Gasteiger partial charge is 0.274 e. The third-order valence-corrected chi connectivity index (χ3v) is 3.60. The first-order valence-corrected chi connectivity index (χ1v) is 7.90. The van der Waals surface area contributed by atoms with E-state index in [0.717, 1.165) is 12.1 Å². The van der Waals surface area contributed by atoms with Crippen LogP contribution in [-0.4, -0.2) is 22.4 Å². The molecule has 0 atom stereocenters. The number of nitrogens with zero attached hydrogens (tertiary/aromatic N) is 2. The molecule has 0 aliphatic rings. The van der Waals surface area contributed by atoms with Gasteiger partial charge in [0.05, 0.1) is 0 Å². The zero-order valence-electron chi connectivity index (χ0n) is 13.8. The fourth-order valence-corrected chi connectivity index (χ4v) is 2.13. The molecule has 0 spiro atoms. The van der Waals surface area contributed by atoms with E-state index in [1.807, 2.05) is 19.1 Å². The van der Waals surface area contributed by atoms with Crippen molar-refractivity contribution in [3.8, 4) is 0 Å². The lowest BCUT2D eigenvalue weighted by molar-refractivity contribution is 0.102. The molecule has 0 fully saturated rings. The van der Waals surface area contributed by atoms with Gasteiger partial charge in [0.2, 0.25) is 0 Å². The van der Waals surface area contributed by atoms with E-state index in [-0.39, 0.29) is 5.91 Å². The minimum absolute atomic E-state index is 0.289. The van der Waals surface area contributed by atoms with Gasteiger partial charge < -0.3 is 10.6 Å². The minimum atomic E-state index is -0.289. The van der Waals surface area contributed by atoms with E-state index in [1.54, 1.807) is 19.1 Å². The molecule has 5 nitrogen and oxygen atoms in total. The Hall–Kier alpha value is -2.14. The summed E-state index contributed by atoms with van der Waals surface area (Å²) in [6.45, 7) is 8.67. The summed E-state index contributed by atoms with van der Waals surface area (Å²) in [5, 5.41) is 6.62. The molecule has 0 bridgehead atoms. The molecule has 1 aromatic heterocycles. The Morgan fingerprint density at radius 1 is 1.22 bits per heavy atom. The Bertz CT molecular complexity index is 716. The van der Waals surface area contributed by atoms with Crippen LogP contribution >= 0.6 is 11.6 Å². The highest BCUT2D eigenvalue weighted by Gasteiger charge is 2.11. The van der Waals surface area contributed by atoms with Crippen molar-refractivity contribution in [3.05, 3.63) is 46.4 Å². The highest BCUT2D eigenvalue weighted by atomic mass is 35.5. The van der Waals surface area contributed by atoms with E-state index in [0.29, 0.717) is 34.0 Å². The van der Waals surface area contributed by atoms with Gasteiger partial charge in [0.25, 0.3) is 5.91 Å². The van der Waals surface area contributed by atoms with Gasteiger partial charge in [-0.2, -0.15) is 0 Å². The normalized spacial score (nSPS) is 10.7. The summed E-state index contributed by atoms with van der Waals surface area (Å²) in [5.74, 6) is 1.39. The number of nitrogens with one attached hydrogen (secondary N) is 2. The highest BCUT2D eigenvalue weighted by molar-refractivity contribution is 6.31. The lowest BCUT2D eigenvalue weighted by Gasteiger charge is -2.11. The van der Waals surface area contributed by atoms with Crippen molar-refractivity contribution in [2.75, 3.05) is 17.2 Å². The molecule has 0 saturated carbocycles. The molecule has 0 saturated heterocycles. The quantitative estimate of drug-likeness (QED) is 0.866. The Morgan fingerprint density at radius 2 is 1.96 bits per heavy atom. The first-order chi connectivity index (χ1) is 10.8. The summed E-state index contributed by atoms with van der Waals surface area (Å²) in [6, 6.07) is 7.05. The van der Waals surface area contributed by atoms with Crippen LogP contribution in [-0.2, 0) is 0 Å². The highest BCUT2D eigenvalue weighted by Crippen LogP contribution is 2.20. The minimum Gasteiger partial charge on any atom is -0.370 e. The maximum atomic E-state index is 12.4. The first-order valence-electron chi connectivity index (χ1n) is 7.52. The number of carbonyl (C=O) groups is 1. The van der Waals surface area contributed by atoms with E-state index < -0.39 is 0 Å². The summed E-state index contributed by atoms with van der Waals surface area (Å²) >= 11 is 6.08. The van der Waals surface area contributed by atoms with Gasteiger partial charge in [-0.15, -0.1) is 0 Å². The van der Waals surface area contributed by atoms with Crippen molar-refractivity contribution in [1.29, 1.82) is 0 Å². The van der Waals surface area contributed by atoms with Gasteiger partial charge in [0.15, 0.2) is 0 Å². The number of anilines is 2. The Kier molecular flexibility index (Phi) is 5.55. The predicted molar refractivity (Wildman–Crippen MR) is 94.2 cm³/mol. The molecule has 0 radical (unpaired) electrons. The van der Waals surface area contributed by atoms with Crippen molar-refractivity contribution in [2.24, 2.45) is 5.92 Å². The van der Waals surface area contributed by atoms with Crippen LogP contribution in [0, 0.1) is 19.8 Å². The van der Waals surface area contributed by atoms with E-state index in [1.165, 1.54) is 0 Å². The van der Waals surface area contributed by atoms with E-state index in [4.69, 9.17) is 11.6 Å². The zero-order chi connectivity index (χ0) is 17.0. The third-order valence-electron chi connectivity index (χ3n) is 3.19. The molecule has 2 N–H and O–H groups in total. The fraction of sp³-hybridized carbons (Fsp3) is 0.353. The maximum Gasteiger partial charge on any atom is 0.274 e. The molecule has 1 aromatic carbocycles. The van der Waals surface area contributed by atoms with Crippen LogP contribution in [0.3, 0.4) is 0 Å². The van der Waals surface area contributed by atoms with Crippen molar-refractivity contribution in [3.63, 3.8) is 0 Å². The van der Waals surface area contributed by atoms with Gasteiger partial charge in [-0.05, 0) is 37.5 Å². The lowest BCUT2D eigenvalue weighted by atomic mass is 10.2. The van der Waals surface area contributed by atoms with Gasteiger partial charge >= 0.3 is 0 Å².